The number of pyridine rings is 1. The molecule has 3 aromatic rings. The zero-order chi connectivity index (χ0) is 22.1. The van der Waals surface area contributed by atoms with Crippen LogP contribution < -0.4 is 5.32 Å². The van der Waals surface area contributed by atoms with E-state index in [2.05, 4.69) is 14.8 Å². The number of unbranched alkanes of at least 4 members (excludes halogenated alkanes) is 1. The van der Waals surface area contributed by atoms with Gasteiger partial charge in [0.15, 0.2) is 0 Å². The minimum atomic E-state index is -2.57. The molecule has 0 saturated heterocycles. The van der Waals surface area contributed by atoms with Crippen LogP contribution in [-0.2, 0) is 26.7 Å². The second kappa shape index (κ2) is 11.6. The normalized spacial score (nSPS) is 11.5. The van der Waals surface area contributed by atoms with Gasteiger partial charge in [0.05, 0.1) is 11.9 Å². The zero-order valence-electron chi connectivity index (χ0n) is 17.2. The molecule has 0 spiro atoms. The molecule has 0 aliphatic rings. The molecule has 1 atom stereocenters. The van der Waals surface area contributed by atoms with Gasteiger partial charge in [0.2, 0.25) is 5.91 Å². The van der Waals surface area contributed by atoms with E-state index < -0.39 is 8.25 Å². The molecule has 0 radical (unpaired) electrons. The van der Waals surface area contributed by atoms with Crippen molar-refractivity contribution in [2.45, 2.75) is 25.7 Å². The van der Waals surface area contributed by atoms with Crippen LogP contribution in [-0.4, -0.2) is 40.6 Å². The Morgan fingerprint density at radius 2 is 1.87 bits per heavy atom. The molecule has 2 aromatic carbocycles. The summed E-state index contributed by atoms with van der Waals surface area (Å²) in [6, 6.07) is 15.8. The maximum absolute atomic E-state index is 12.6. The molecular formula is C23H26N2O5P+. The number of carbonyl (C=O) groups excluding carboxylic acids is 1. The summed E-state index contributed by atoms with van der Waals surface area (Å²) in [5, 5.41) is 13.2. The van der Waals surface area contributed by atoms with Crippen molar-refractivity contribution in [3.05, 3.63) is 65.9 Å². The van der Waals surface area contributed by atoms with Crippen LogP contribution in [0.5, 0.6) is 0 Å². The second-order valence-electron chi connectivity index (χ2n) is 7.12. The quantitative estimate of drug-likeness (QED) is 0.310. The summed E-state index contributed by atoms with van der Waals surface area (Å²) in [6.45, 7) is 0.697. The van der Waals surface area contributed by atoms with E-state index in [4.69, 9.17) is 4.89 Å². The number of fused-ring (bicyclic) bond motifs is 1. The highest BCUT2D eigenvalue weighted by Crippen LogP contribution is 2.32. The number of para-hydroxylation sites is 1. The molecule has 3 rings (SSSR count). The Labute approximate surface area is 182 Å². The van der Waals surface area contributed by atoms with Crippen molar-refractivity contribution < 1.29 is 23.9 Å². The summed E-state index contributed by atoms with van der Waals surface area (Å²) >= 11 is 0. The van der Waals surface area contributed by atoms with Crippen molar-refractivity contribution in [1.82, 2.24) is 10.3 Å². The van der Waals surface area contributed by atoms with Crippen LogP contribution in [0, 0.1) is 0 Å². The molecule has 0 bridgehead atoms. The summed E-state index contributed by atoms with van der Waals surface area (Å²) in [5.41, 5.74) is 4.62. The Bertz CT molecular complexity index is 1040. The van der Waals surface area contributed by atoms with Gasteiger partial charge in [-0.25, -0.2) is 0 Å². The SMILES string of the molecule is O=C(Cc1cnc2c(CCO)cccc2c1-c1ccccc1)NCCCCO[P+](=O)O. The maximum atomic E-state index is 12.6. The first kappa shape index (κ1) is 23.0. The van der Waals surface area contributed by atoms with Gasteiger partial charge in [-0.05, 0) is 41.5 Å². The topological polar surface area (TPSA) is 109 Å². The van der Waals surface area contributed by atoms with Crippen molar-refractivity contribution in [3.63, 3.8) is 0 Å². The van der Waals surface area contributed by atoms with Gasteiger partial charge in [-0.15, -0.1) is 9.42 Å². The number of carbonyl (C=O) groups is 1. The predicted octanol–water partition coefficient (Wildman–Crippen LogP) is 3.54. The number of benzene rings is 2. The van der Waals surface area contributed by atoms with Gasteiger partial charge in [-0.2, -0.15) is 0 Å². The monoisotopic (exact) mass is 441 g/mol. The molecule has 162 valence electrons. The van der Waals surface area contributed by atoms with Crippen LogP contribution in [0.3, 0.4) is 0 Å². The minimum Gasteiger partial charge on any atom is -0.396 e. The first-order chi connectivity index (χ1) is 15.1. The van der Waals surface area contributed by atoms with E-state index in [9.17, 15) is 14.5 Å². The second-order valence-corrected chi connectivity index (χ2v) is 7.85. The first-order valence-corrected chi connectivity index (χ1v) is 11.3. The third kappa shape index (κ3) is 6.39. The maximum Gasteiger partial charge on any atom is 0.694 e. The smallest absolute Gasteiger partial charge is 0.396 e. The fraction of sp³-hybridized carbons (Fsp3) is 0.304. The van der Waals surface area contributed by atoms with Gasteiger partial charge in [0.1, 0.15) is 6.61 Å². The number of hydrogen-bond donors (Lipinski definition) is 3. The molecule has 1 amide bonds. The fourth-order valence-electron chi connectivity index (χ4n) is 3.56. The van der Waals surface area contributed by atoms with Crippen LogP contribution in [0.25, 0.3) is 22.0 Å². The van der Waals surface area contributed by atoms with E-state index in [0.29, 0.717) is 25.8 Å². The fourth-order valence-corrected chi connectivity index (χ4v) is 3.85. The lowest BCUT2D eigenvalue weighted by Gasteiger charge is -2.15. The first-order valence-electron chi connectivity index (χ1n) is 10.2. The van der Waals surface area contributed by atoms with E-state index in [-0.39, 0.29) is 25.5 Å². The number of amides is 1. The lowest BCUT2D eigenvalue weighted by atomic mass is 9.93. The van der Waals surface area contributed by atoms with Gasteiger partial charge in [0.25, 0.3) is 0 Å². The number of aliphatic hydroxyl groups is 1. The van der Waals surface area contributed by atoms with Crippen molar-refractivity contribution in [1.29, 1.82) is 0 Å². The molecule has 0 saturated carbocycles. The largest absolute Gasteiger partial charge is 0.694 e. The van der Waals surface area contributed by atoms with Crippen LogP contribution in [0.15, 0.2) is 54.7 Å². The number of rotatable bonds is 11. The molecule has 1 heterocycles. The third-order valence-corrected chi connectivity index (χ3v) is 5.35. The van der Waals surface area contributed by atoms with Crippen LogP contribution >= 0.6 is 8.25 Å². The Hall–Kier alpha value is -2.70. The molecular weight excluding hydrogens is 415 g/mol. The summed E-state index contributed by atoms with van der Waals surface area (Å²) in [7, 11) is -2.57. The Kier molecular flexibility index (Phi) is 8.62. The van der Waals surface area contributed by atoms with E-state index in [1.54, 1.807) is 6.20 Å². The number of aliphatic hydroxyl groups excluding tert-OH is 1. The van der Waals surface area contributed by atoms with Crippen molar-refractivity contribution in [2.75, 3.05) is 19.8 Å². The van der Waals surface area contributed by atoms with E-state index in [0.717, 1.165) is 33.2 Å². The molecule has 31 heavy (non-hydrogen) atoms. The number of hydrogen-bond acceptors (Lipinski definition) is 5. The number of nitrogens with one attached hydrogen (secondary N) is 1. The van der Waals surface area contributed by atoms with Gasteiger partial charge >= 0.3 is 8.25 Å². The van der Waals surface area contributed by atoms with Crippen LogP contribution in [0.1, 0.15) is 24.0 Å². The zero-order valence-corrected chi connectivity index (χ0v) is 18.1. The summed E-state index contributed by atoms with van der Waals surface area (Å²) in [6.07, 6.45) is 3.70. The molecule has 1 unspecified atom stereocenters. The molecule has 0 fully saturated rings. The minimum absolute atomic E-state index is 0.0471. The summed E-state index contributed by atoms with van der Waals surface area (Å²) < 4.78 is 15.1. The van der Waals surface area contributed by atoms with E-state index in [1.165, 1.54) is 0 Å². The highest BCUT2D eigenvalue weighted by Gasteiger charge is 2.16. The van der Waals surface area contributed by atoms with Crippen LogP contribution in [0.2, 0.25) is 0 Å². The summed E-state index contributed by atoms with van der Waals surface area (Å²) in [5.74, 6) is -0.112. The van der Waals surface area contributed by atoms with Crippen molar-refractivity contribution >= 4 is 25.1 Å². The molecule has 3 N–H and O–H groups in total. The molecule has 7 nitrogen and oxygen atoms in total. The van der Waals surface area contributed by atoms with Crippen molar-refractivity contribution in [2.24, 2.45) is 0 Å². The van der Waals surface area contributed by atoms with Gasteiger partial charge in [-0.3, -0.25) is 9.78 Å². The van der Waals surface area contributed by atoms with Crippen LogP contribution in [0.4, 0.5) is 0 Å². The Balaban J connectivity index is 1.80. The molecule has 1 aromatic heterocycles. The van der Waals surface area contributed by atoms with E-state index in [1.807, 2.05) is 48.5 Å². The average Bonchev–Trinajstić information content (AvgIpc) is 2.76. The lowest BCUT2D eigenvalue weighted by molar-refractivity contribution is -0.120. The highest BCUT2D eigenvalue weighted by molar-refractivity contribution is 7.32. The Morgan fingerprint density at radius 3 is 2.61 bits per heavy atom. The Morgan fingerprint density at radius 1 is 1.06 bits per heavy atom. The average molecular weight is 441 g/mol. The van der Waals surface area contributed by atoms with Gasteiger partial charge < -0.3 is 10.4 Å². The summed E-state index contributed by atoms with van der Waals surface area (Å²) in [4.78, 5) is 25.8. The molecule has 0 aliphatic carbocycles. The third-order valence-electron chi connectivity index (χ3n) is 4.95. The van der Waals surface area contributed by atoms with Gasteiger partial charge in [0, 0.05) is 29.3 Å². The van der Waals surface area contributed by atoms with E-state index >= 15 is 0 Å². The number of nitrogens with zero attached hydrogens (tertiary/aromatic N) is 1. The molecule has 8 heteroatoms. The standard InChI is InChI=1S/C23H25N2O5P/c26-13-11-18-9-6-10-20-22(17-7-2-1-3-8-17)19(16-25-23(18)20)15-21(27)24-12-4-5-14-30-31(28)29/h1-3,6-10,16,26H,4-5,11-15H2,(H-,24,27,28,29)/p+1. The molecule has 0 aliphatic heterocycles. The van der Waals surface area contributed by atoms with Gasteiger partial charge in [-0.1, -0.05) is 48.5 Å². The van der Waals surface area contributed by atoms with Crippen molar-refractivity contribution in [3.8, 4) is 11.1 Å². The highest BCUT2D eigenvalue weighted by atomic mass is 31.1. The number of aromatic nitrogens is 1. The predicted molar refractivity (Wildman–Crippen MR) is 120 cm³/mol. The lowest BCUT2D eigenvalue weighted by Crippen LogP contribution is -2.26.